The molecule has 1 rings (SSSR count). The van der Waals surface area contributed by atoms with Crippen molar-refractivity contribution in [3.05, 3.63) is 28.8 Å². The van der Waals surface area contributed by atoms with E-state index in [0.29, 0.717) is 5.02 Å². The lowest BCUT2D eigenvalue weighted by Crippen LogP contribution is -2.26. The van der Waals surface area contributed by atoms with Crippen LogP contribution in [0.3, 0.4) is 0 Å². The smallest absolute Gasteiger partial charge is 0.253 e. The van der Waals surface area contributed by atoms with E-state index >= 15 is 0 Å². The van der Waals surface area contributed by atoms with Gasteiger partial charge >= 0.3 is 0 Å². The molecule has 0 bridgehead atoms. The fraction of sp³-hybridized carbons (Fsp3) is 0.364. The fourth-order valence-electron chi connectivity index (χ4n) is 1.11. The number of methoxy groups -OCH3 is 1. The number of hydrogen-bond donors (Lipinski definition) is 1. The van der Waals surface area contributed by atoms with Gasteiger partial charge in [-0.3, -0.25) is 4.79 Å². The molecule has 1 amide bonds. The maximum absolute atomic E-state index is 11.5. The predicted molar refractivity (Wildman–Crippen MR) is 61.3 cm³/mol. The number of ether oxygens (including phenoxy) is 1. The van der Waals surface area contributed by atoms with Crippen LogP contribution >= 0.6 is 11.6 Å². The number of carbonyl (C=O) groups excluding carboxylic acids is 1. The van der Waals surface area contributed by atoms with Gasteiger partial charge in [0.15, 0.2) is 0 Å². The van der Waals surface area contributed by atoms with Crippen LogP contribution in [0.4, 0.5) is 5.69 Å². The molecule has 1 atom stereocenters. The third-order valence-electron chi connectivity index (χ3n) is 2.17. The second-order valence-electron chi connectivity index (χ2n) is 3.33. The van der Waals surface area contributed by atoms with Crippen LogP contribution in [-0.2, 0) is 9.53 Å². The number of amides is 1. The summed E-state index contributed by atoms with van der Waals surface area (Å²) >= 11 is 5.81. The number of benzene rings is 1. The average Bonchev–Trinajstić information content (AvgIpc) is 2.20. The molecule has 0 aliphatic rings. The molecule has 0 spiro atoms. The highest BCUT2D eigenvalue weighted by Crippen LogP contribution is 2.19. The third kappa shape index (κ3) is 3.22. The van der Waals surface area contributed by atoms with Crippen LogP contribution in [0.5, 0.6) is 0 Å². The SMILES string of the molecule is COC(C)C(=O)Nc1ccc(Cl)cc1C. The molecule has 15 heavy (non-hydrogen) atoms. The molecule has 0 fully saturated rings. The van der Waals surface area contributed by atoms with E-state index < -0.39 is 6.10 Å². The van der Waals surface area contributed by atoms with Crippen molar-refractivity contribution in [1.29, 1.82) is 0 Å². The molecule has 0 heterocycles. The maximum atomic E-state index is 11.5. The van der Waals surface area contributed by atoms with E-state index in [-0.39, 0.29) is 5.91 Å². The molecule has 82 valence electrons. The molecule has 4 heteroatoms. The van der Waals surface area contributed by atoms with Crippen LogP contribution < -0.4 is 5.32 Å². The lowest BCUT2D eigenvalue weighted by Gasteiger charge is -2.12. The molecule has 0 aliphatic heterocycles. The van der Waals surface area contributed by atoms with Gasteiger partial charge in [0.05, 0.1) is 0 Å². The zero-order valence-electron chi connectivity index (χ0n) is 9.00. The van der Waals surface area contributed by atoms with Crippen molar-refractivity contribution >= 4 is 23.2 Å². The van der Waals surface area contributed by atoms with Crippen LogP contribution in [0.15, 0.2) is 18.2 Å². The van der Waals surface area contributed by atoms with Gasteiger partial charge in [-0.1, -0.05) is 11.6 Å². The predicted octanol–water partition coefficient (Wildman–Crippen LogP) is 2.62. The van der Waals surface area contributed by atoms with Crippen molar-refractivity contribution in [3.63, 3.8) is 0 Å². The van der Waals surface area contributed by atoms with Gasteiger partial charge in [-0.15, -0.1) is 0 Å². The molecule has 1 N–H and O–H groups in total. The highest BCUT2D eigenvalue weighted by Gasteiger charge is 2.12. The van der Waals surface area contributed by atoms with Gasteiger partial charge in [0.2, 0.25) is 0 Å². The fourth-order valence-corrected chi connectivity index (χ4v) is 1.34. The first-order valence-corrected chi connectivity index (χ1v) is 5.02. The molecule has 0 saturated heterocycles. The van der Waals surface area contributed by atoms with Gasteiger partial charge in [-0.05, 0) is 37.6 Å². The lowest BCUT2D eigenvalue weighted by molar-refractivity contribution is -0.124. The highest BCUT2D eigenvalue weighted by atomic mass is 35.5. The topological polar surface area (TPSA) is 38.3 Å². The Hall–Kier alpha value is -1.06. The minimum absolute atomic E-state index is 0.164. The minimum atomic E-state index is -0.458. The molecule has 1 aromatic rings. The van der Waals surface area contributed by atoms with Crippen LogP contribution in [0.1, 0.15) is 12.5 Å². The molecular formula is C11H14ClNO2. The second kappa shape index (κ2) is 5.14. The minimum Gasteiger partial charge on any atom is -0.372 e. The Morgan fingerprint density at radius 1 is 1.53 bits per heavy atom. The Labute approximate surface area is 94.4 Å². The number of aryl methyl sites for hydroxylation is 1. The number of hydrogen-bond acceptors (Lipinski definition) is 2. The first-order chi connectivity index (χ1) is 7.04. The van der Waals surface area contributed by atoms with E-state index in [0.717, 1.165) is 11.3 Å². The summed E-state index contributed by atoms with van der Waals surface area (Å²) < 4.78 is 4.91. The molecular weight excluding hydrogens is 214 g/mol. The van der Waals surface area contributed by atoms with Gasteiger partial charge < -0.3 is 10.1 Å². The maximum Gasteiger partial charge on any atom is 0.253 e. The standard InChI is InChI=1S/C11H14ClNO2/c1-7-6-9(12)4-5-10(7)13-11(14)8(2)15-3/h4-6,8H,1-3H3,(H,13,14). The van der Waals surface area contributed by atoms with Crippen LogP contribution in [0.2, 0.25) is 5.02 Å². The van der Waals surface area contributed by atoms with Gasteiger partial charge in [0.1, 0.15) is 6.10 Å². The molecule has 0 aliphatic carbocycles. The van der Waals surface area contributed by atoms with E-state index in [9.17, 15) is 4.79 Å². The molecule has 3 nitrogen and oxygen atoms in total. The second-order valence-corrected chi connectivity index (χ2v) is 3.76. The molecule has 0 aromatic heterocycles. The summed E-state index contributed by atoms with van der Waals surface area (Å²) in [5.41, 5.74) is 1.69. The van der Waals surface area contributed by atoms with E-state index in [2.05, 4.69) is 5.32 Å². The normalized spacial score (nSPS) is 12.3. The van der Waals surface area contributed by atoms with Gasteiger partial charge in [-0.2, -0.15) is 0 Å². The number of carbonyl (C=O) groups is 1. The Balaban J connectivity index is 2.77. The van der Waals surface area contributed by atoms with Crippen molar-refractivity contribution in [2.45, 2.75) is 20.0 Å². The van der Waals surface area contributed by atoms with Gasteiger partial charge in [0, 0.05) is 17.8 Å². The molecule has 0 saturated carbocycles. The summed E-state index contributed by atoms with van der Waals surface area (Å²) in [4.78, 5) is 11.5. The summed E-state index contributed by atoms with van der Waals surface area (Å²) in [6.07, 6.45) is -0.458. The van der Waals surface area contributed by atoms with Crippen LogP contribution in [0, 0.1) is 6.92 Å². The first-order valence-electron chi connectivity index (χ1n) is 4.64. The Morgan fingerprint density at radius 2 is 2.20 bits per heavy atom. The molecule has 1 aromatic carbocycles. The number of anilines is 1. The molecule has 1 unspecified atom stereocenters. The third-order valence-corrected chi connectivity index (χ3v) is 2.40. The quantitative estimate of drug-likeness (QED) is 0.862. The largest absolute Gasteiger partial charge is 0.372 e. The number of rotatable bonds is 3. The van der Waals surface area contributed by atoms with Crippen LogP contribution in [0.25, 0.3) is 0 Å². The summed E-state index contributed by atoms with van der Waals surface area (Å²) in [6.45, 7) is 3.58. The number of nitrogens with one attached hydrogen (secondary N) is 1. The Bertz CT molecular complexity index is 366. The Morgan fingerprint density at radius 3 is 2.73 bits per heavy atom. The van der Waals surface area contributed by atoms with Gasteiger partial charge in [0.25, 0.3) is 5.91 Å². The van der Waals surface area contributed by atoms with Crippen molar-refractivity contribution in [2.75, 3.05) is 12.4 Å². The lowest BCUT2D eigenvalue weighted by atomic mass is 10.2. The summed E-state index contributed by atoms with van der Waals surface area (Å²) in [6, 6.07) is 5.31. The summed E-state index contributed by atoms with van der Waals surface area (Å²) in [7, 11) is 1.50. The zero-order valence-corrected chi connectivity index (χ0v) is 9.76. The van der Waals surface area contributed by atoms with Crippen molar-refractivity contribution in [1.82, 2.24) is 0 Å². The van der Waals surface area contributed by atoms with E-state index in [1.807, 2.05) is 6.92 Å². The summed E-state index contributed by atoms with van der Waals surface area (Å²) in [5, 5.41) is 3.42. The van der Waals surface area contributed by atoms with E-state index in [4.69, 9.17) is 16.3 Å². The first kappa shape index (κ1) is 12.0. The van der Waals surface area contributed by atoms with Crippen molar-refractivity contribution in [3.8, 4) is 0 Å². The summed E-state index contributed by atoms with van der Waals surface area (Å²) in [5.74, 6) is -0.164. The van der Waals surface area contributed by atoms with Gasteiger partial charge in [-0.25, -0.2) is 0 Å². The van der Waals surface area contributed by atoms with E-state index in [1.54, 1.807) is 25.1 Å². The van der Waals surface area contributed by atoms with Crippen molar-refractivity contribution < 1.29 is 9.53 Å². The molecule has 0 radical (unpaired) electrons. The number of halogens is 1. The monoisotopic (exact) mass is 227 g/mol. The highest BCUT2D eigenvalue weighted by molar-refractivity contribution is 6.30. The van der Waals surface area contributed by atoms with Crippen LogP contribution in [-0.4, -0.2) is 19.1 Å². The average molecular weight is 228 g/mol. The van der Waals surface area contributed by atoms with E-state index in [1.165, 1.54) is 7.11 Å². The van der Waals surface area contributed by atoms with Crippen molar-refractivity contribution in [2.24, 2.45) is 0 Å². The zero-order chi connectivity index (χ0) is 11.4. The Kier molecular flexibility index (Phi) is 4.12.